The second-order valence-corrected chi connectivity index (χ2v) is 14.0. The number of carbonyl (C=O) groups is 6. The van der Waals surface area contributed by atoms with Crippen molar-refractivity contribution < 1.29 is 54.0 Å². The first-order valence-electron chi connectivity index (χ1n) is 12.8. The summed E-state index contributed by atoms with van der Waals surface area (Å²) in [6.07, 6.45) is 0. The Kier molecular flexibility index (Phi) is 9.49. The number of nitrogens with one attached hydrogen (secondary N) is 2. The molecular formula is C25H26N6O11S3. The predicted octanol–water partition coefficient (Wildman–Crippen LogP) is -0.366. The predicted molar refractivity (Wildman–Crippen MR) is 161 cm³/mol. The number of nitrogens with two attached hydrogens (primary N) is 1. The molecule has 0 radical (unpaired) electrons. The van der Waals surface area contributed by atoms with Crippen molar-refractivity contribution in [3.63, 3.8) is 0 Å². The van der Waals surface area contributed by atoms with E-state index in [0.29, 0.717) is 0 Å². The maximum absolute atomic E-state index is 13.2. The highest BCUT2D eigenvalue weighted by Crippen LogP contribution is 2.52. The van der Waals surface area contributed by atoms with Crippen LogP contribution < -0.4 is 16.4 Å². The summed E-state index contributed by atoms with van der Waals surface area (Å²) in [6, 6.07) is 1.98. The van der Waals surface area contributed by atoms with Gasteiger partial charge >= 0.3 is 11.9 Å². The van der Waals surface area contributed by atoms with E-state index in [2.05, 4.69) is 20.8 Å². The maximum atomic E-state index is 13.2. The number of amides is 3. The minimum absolute atomic E-state index is 0.0305. The minimum atomic E-state index is -1.81. The quantitative estimate of drug-likeness (QED) is 0.0270. The van der Waals surface area contributed by atoms with Gasteiger partial charge in [-0.2, -0.15) is 0 Å². The number of aromatic hydroxyl groups is 2. The molecule has 4 rings (SSSR count). The van der Waals surface area contributed by atoms with Crippen molar-refractivity contribution in [2.24, 2.45) is 5.16 Å². The number of aliphatic carboxylic acids is 2. The fourth-order valence-electron chi connectivity index (χ4n) is 3.94. The van der Waals surface area contributed by atoms with Gasteiger partial charge in [0.2, 0.25) is 17.3 Å². The lowest BCUT2D eigenvalue weighted by molar-refractivity contribution is -0.161. The van der Waals surface area contributed by atoms with E-state index >= 15 is 0 Å². The van der Waals surface area contributed by atoms with Gasteiger partial charge in [0.25, 0.3) is 11.8 Å². The van der Waals surface area contributed by atoms with Crippen molar-refractivity contribution in [2.45, 2.75) is 34.9 Å². The van der Waals surface area contributed by atoms with Crippen LogP contribution in [0.25, 0.3) is 0 Å². The molecule has 3 amide bonds. The SMILES string of the molecule is CC(C)(O/N=C(\C(=O)NC1C(=O)N2CC(SCCNC(=O)C(=O)c3ccc(O)c(O)c3)(C(=O)O)S[C@H]12)c1csc(N)n1)C(=O)O. The average molecular weight is 683 g/mol. The van der Waals surface area contributed by atoms with Crippen LogP contribution in [0.2, 0.25) is 0 Å². The van der Waals surface area contributed by atoms with E-state index in [1.165, 1.54) is 24.1 Å². The highest BCUT2D eigenvalue weighted by Gasteiger charge is 2.62. The van der Waals surface area contributed by atoms with Crippen LogP contribution >= 0.6 is 34.9 Å². The third kappa shape index (κ3) is 6.91. The number of carboxylic acids is 2. The van der Waals surface area contributed by atoms with Gasteiger partial charge in [0.1, 0.15) is 17.1 Å². The standard InChI is InChI=1S/C25H26N6O11S3/c1-24(2,21(38)39)42-30-14(11-8-43-23(26)28-11)17(35)29-15-19(37)31-9-25(22(40)41,45-20(15)31)44-6-5-27-18(36)16(34)10-3-4-12(32)13(33)7-10/h3-4,7-8,15,20,32-33H,5-6,9H2,1-2H3,(H2,26,28)(H,27,36)(H,29,35)(H,38,39)(H,40,41)/b30-14-/t15?,20-,25?/m1/s1. The smallest absolute Gasteiger partial charge is 0.350 e. The number of benzene rings is 1. The molecule has 2 fully saturated rings. The van der Waals surface area contributed by atoms with Crippen molar-refractivity contribution in [3.8, 4) is 11.5 Å². The molecule has 1 aromatic heterocycles. The van der Waals surface area contributed by atoms with Crippen molar-refractivity contribution >= 4 is 81.1 Å². The number of thiazole rings is 1. The molecule has 3 heterocycles. The number of phenols is 2. The fraction of sp³-hybridized carbons (Fsp3) is 0.360. The Bertz CT molecular complexity index is 1610. The second-order valence-electron chi connectivity index (χ2n) is 10.0. The lowest BCUT2D eigenvalue weighted by Crippen LogP contribution is -2.68. The molecule has 0 spiro atoms. The van der Waals surface area contributed by atoms with E-state index in [0.717, 1.165) is 53.1 Å². The summed E-state index contributed by atoms with van der Waals surface area (Å²) in [4.78, 5) is 84.7. The van der Waals surface area contributed by atoms with E-state index in [-0.39, 0.29) is 35.2 Å². The highest BCUT2D eigenvalue weighted by atomic mass is 32.2. The van der Waals surface area contributed by atoms with Gasteiger partial charge in [-0.3, -0.25) is 19.2 Å². The van der Waals surface area contributed by atoms with Gasteiger partial charge in [-0.15, -0.1) is 34.9 Å². The number of carboxylic acid groups (broad SMARTS) is 2. The normalized spacial score (nSPS) is 21.0. The number of rotatable bonds is 13. The fourth-order valence-corrected chi connectivity index (χ4v) is 7.52. The van der Waals surface area contributed by atoms with Gasteiger partial charge in [-0.25, -0.2) is 14.6 Å². The third-order valence-corrected chi connectivity index (χ3v) is 10.4. The van der Waals surface area contributed by atoms with Crippen LogP contribution in [0.5, 0.6) is 11.5 Å². The van der Waals surface area contributed by atoms with Crippen LogP contribution in [0.4, 0.5) is 5.13 Å². The molecule has 2 aliphatic rings. The van der Waals surface area contributed by atoms with Crippen molar-refractivity contribution in [1.82, 2.24) is 20.5 Å². The van der Waals surface area contributed by atoms with E-state index in [4.69, 9.17) is 10.6 Å². The van der Waals surface area contributed by atoms with Crippen LogP contribution in [-0.2, 0) is 28.8 Å². The van der Waals surface area contributed by atoms with Crippen LogP contribution in [0.1, 0.15) is 29.9 Å². The second kappa shape index (κ2) is 12.8. The number of anilines is 1. The van der Waals surface area contributed by atoms with E-state index in [1.54, 1.807) is 0 Å². The van der Waals surface area contributed by atoms with Gasteiger partial charge < -0.3 is 46.5 Å². The number of phenolic OH excluding ortho intramolecular Hbond substituents is 2. The summed E-state index contributed by atoms with van der Waals surface area (Å²) in [5.41, 5.74) is 3.21. The number of oxime groups is 1. The first kappa shape index (κ1) is 33.3. The zero-order chi connectivity index (χ0) is 33.3. The zero-order valence-corrected chi connectivity index (χ0v) is 25.8. The number of β-lactam (4-membered cyclic amide) rings is 1. The van der Waals surface area contributed by atoms with E-state index in [9.17, 15) is 49.2 Å². The number of nitrogen functional groups attached to an aromatic ring is 1. The molecule has 2 aromatic rings. The number of Topliss-reactive ketones (excluding diaryl/α,β-unsaturated/α-hetero) is 1. The molecule has 2 saturated heterocycles. The summed E-state index contributed by atoms with van der Waals surface area (Å²) < 4.78 is -1.56. The van der Waals surface area contributed by atoms with Crippen LogP contribution in [0, 0.1) is 0 Å². The van der Waals surface area contributed by atoms with Gasteiger partial charge in [0, 0.05) is 23.2 Å². The van der Waals surface area contributed by atoms with Gasteiger partial charge in [-0.1, -0.05) is 5.16 Å². The molecule has 0 bridgehead atoms. The Morgan fingerprint density at radius 1 is 1.20 bits per heavy atom. The summed E-state index contributed by atoms with van der Waals surface area (Å²) in [5.74, 6) is -7.12. The molecule has 2 unspecified atom stereocenters. The maximum Gasteiger partial charge on any atom is 0.350 e. The molecule has 2 aliphatic heterocycles. The Labute approximate surface area is 266 Å². The van der Waals surface area contributed by atoms with Crippen molar-refractivity contribution in [2.75, 3.05) is 24.6 Å². The number of hydrogen-bond acceptors (Lipinski definition) is 15. The molecule has 1 aromatic carbocycles. The largest absolute Gasteiger partial charge is 0.504 e. The summed E-state index contributed by atoms with van der Waals surface area (Å²) in [5, 5.41) is 47.5. The lowest BCUT2D eigenvalue weighted by atomic mass is 10.1. The molecule has 8 N–H and O–H groups in total. The highest BCUT2D eigenvalue weighted by molar-refractivity contribution is 8.20. The monoisotopic (exact) mass is 682 g/mol. The lowest BCUT2D eigenvalue weighted by Gasteiger charge is -2.41. The van der Waals surface area contributed by atoms with Gasteiger partial charge in [-0.05, 0) is 32.0 Å². The Balaban J connectivity index is 1.38. The topological polar surface area (TPSA) is 271 Å². The first-order chi connectivity index (χ1) is 21.1. The van der Waals surface area contributed by atoms with Gasteiger partial charge in [0.15, 0.2) is 26.4 Å². The molecule has 0 aliphatic carbocycles. The van der Waals surface area contributed by atoms with Crippen LogP contribution in [-0.4, -0.2) is 111 Å². The molecule has 3 atom stereocenters. The molecule has 17 nitrogen and oxygen atoms in total. The third-order valence-electron chi connectivity index (χ3n) is 6.47. The molecular weight excluding hydrogens is 657 g/mol. The Morgan fingerprint density at radius 2 is 1.91 bits per heavy atom. The average Bonchev–Trinajstić information content (AvgIpc) is 3.57. The van der Waals surface area contributed by atoms with Crippen LogP contribution in [0.3, 0.4) is 0 Å². The molecule has 20 heteroatoms. The number of nitrogens with zero attached hydrogens (tertiary/aromatic N) is 3. The van der Waals surface area contributed by atoms with Crippen molar-refractivity contribution in [1.29, 1.82) is 0 Å². The van der Waals surface area contributed by atoms with Crippen LogP contribution in [0.15, 0.2) is 28.7 Å². The number of hydrogen-bond donors (Lipinski definition) is 7. The summed E-state index contributed by atoms with van der Waals surface area (Å²) in [6.45, 7) is 2.09. The molecule has 45 heavy (non-hydrogen) atoms. The number of aromatic nitrogens is 1. The molecule has 0 saturated carbocycles. The Morgan fingerprint density at radius 3 is 2.51 bits per heavy atom. The minimum Gasteiger partial charge on any atom is -0.504 e. The summed E-state index contributed by atoms with van der Waals surface area (Å²) in [7, 11) is 0. The number of carbonyl (C=O) groups excluding carboxylic acids is 4. The van der Waals surface area contributed by atoms with Crippen molar-refractivity contribution in [3.05, 3.63) is 34.8 Å². The number of thioether (sulfide) groups is 2. The van der Waals surface area contributed by atoms with Gasteiger partial charge in [0.05, 0.1) is 6.54 Å². The number of ketones is 1. The first-order valence-corrected chi connectivity index (χ1v) is 15.5. The van der Waals surface area contributed by atoms with E-state index < -0.39 is 73.7 Å². The molecule has 240 valence electrons. The Hall–Kier alpha value is -4.56. The zero-order valence-electron chi connectivity index (χ0n) is 23.4. The summed E-state index contributed by atoms with van der Waals surface area (Å²) >= 11 is 2.81. The number of fused-ring (bicyclic) bond motifs is 1. The van der Waals surface area contributed by atoms with E-state index in [1.807, 2.05) is 0 Å².